The fraction of sp³-hybridized carbons (Fsp3) is 0.217. The lowest BCUT2D eigenvalue weighted by Crippen LogP contribution is -2.31. The number of esters is 1. The average molecular weight is 412 g/mol. The van der Waals surface area contributed by atoms with Crippen molar-refractivity contribution in [3.05, 3.63) is 70.6 Å². The van der Waals surface area contributed by atoms with Crippen molar-refractivity contribution < 1.29 is 19.0 Å². The largest absolute Gasteiger partial charge is 0.458 e. The van der Waals surface area contributed by atoms with Gasteiger partial charge in [-0.1, -0.05) is 29.8 Å². The molecule has 0 spiro atoms. The van der Waals surface area contributed by atoms with E-state index < -0.39 is 18.2 Å². The van der Waals surface area contributed by atoms with Crippen LogP contribution >= 0.6 is 11.6 Å². The van der Waals surface area contributed by atoms with Crippen LogP contribution in [0.1, 0.15) is 24.1 Å². The summed E-state index contributed by atoms with van der Waals surface area (Å²) in [5.74, 6) is -0.737. The van der Waals surface area contributed by atoms with Crippen molar-refractivity contribution in [2.24, 2.45) is 0 Å². The number of halogens is 2. The molecule has 2 aromatic carbocycles. The Labute approximate surface area is 172 Å². The van der Waals surface area contributed by atoms with Gasteiger partial charge in [0.1, 0.15) is 11.9 Å². The van der Waals surface area contributed by atoms with Crippen LogP contribution in [0.15, 0.2) is 48.5 Å². The molecule has 2 unspecified atom stereocenters. The maximum absolute atomic E-state index is 13.5. The summed E-state index contributed by atoms with van der Waals surface area (Å²) >= 11 is 6.24. The summed E-state index contributed by atoms with van der Waals surface area (Å²) in [7, 11) is 0. The molecule has 2 atom stereocenters. The lowest BCUT2D eigenvalue weighted by atomic mass is 9.93. The van der Waals surface area contributed by atoms with Crippen LogP contribution in [0, 0.1) is 12.7 Å². The normalized spacial score (nSPS) is 19.7. The number of carbonyl (C=O) groups excluding carboxylic acids is 1. The fourth-order valence-electron chi connectivity index (χ4n) is 3.63. The number of carbonyl (C=O) groups is 1. The minimum absolute atomic E-state index is 0.0141. The van der Waals surface area contributed by atoms with Crippen LogP contribution in [-0.2, 0) is 9.53 Å². The third-order valence-corrected chi connectivity index (χ3v) is 5.21. The van der Waals surface area contributed by atoms with E-state index in [-0.39, 0.29) is 12.2 Å². The molecule has 0 bridgehead atoms. The summed E-state index contributed by atoms with van der Waals surface area (Å²) in [4.78, 5) is 16.3. The van der Waals surface area contributed by atoms with E-state index in [1.165, 1.54) is 12.1 Å². The lowest BCUT2D eigenvalue weighted by molar-refractivity contribution is -0.156. The zero-order valence-corrected chi connectivity index (χ0v) is 16.5. The molecule has 148 valence electrons. The maximum Gasteiger partial charge on any atom is 0.309 e. The van der Waals surface area contributed by atoms with Crippen molar-refractivity contribution >= 4 is 34.5 Å². The molecule has 29 heavy (non-hydrogen) atoms. The number of rotatable bonds is 3. The van der Waals surface area contributed by atoms with Gasteiger partial charge in [-0.2, -0.15) is 0 Å². The van der Waals surface area contributed by atoms with Crippen molar-refractivity contribution in [1.29, 1.82) is 0 Å². The van der Waals surface area contributed by atoms with Gasteiger partial charge in [0, 0.05) is 33.7 Å². The number of hydrogen-bond acceptors (Lipinski definition) is 4. The number of hydrogen-bond donors (Lipinski definition) is 1. The van der Waals surface area contributed by atoms with Gasteiger partial charge in [-0.15, -0.1) is 0 Å². The van der Waals surface area contributed by atoms with Gasteiger partial charge in [0.05, 0.1) is 18.0 Å². The summed E-state index contributed by atoms with van der Waals surface area (Å²) in [6.07, 6.45) is 2.74. The van der Waals surface area contributed by atoms with Gasteiger partial charge in [0.2, 0.25) is 0 Å². The van der Waals surface area contributed by atoms with Gasteiger partial charge < -0.3 is 9.84 Å². The van der Waals surface area contributed by atoms with E-state index in [0.29, 0.717) is 11.4 Å². The molecule has 1 N–H and O–H groups in total. The number of aliphatic hydroxyl groups excluding tert-OH is 1. The molecule has 1 fully saturated rings. The number of ether oxygens (including phenoxy) is 1. The van der Waals surface area contributed by atoms with Crippen LogP contribution in [0.25, 0.3) is 28.1 Å². The van der Waals surface area contributed by atoms with Gasteiger partial charge >= 0.3 is 5.97 Å². The van der Waals surface area contributed by atoms with E-state index in [1.807, 2.05) is 25.1 Å². The highest BCUT2D eigenvalue weighted by molar-refractivity contribution is 6.31. The summed E-state index contributed by atoms with van der Waals surface area (Å²) in [6.45, 7) is 1.89. The molecule has 4 nitrogen and oxygen atoms in total. The minimum atomic E-state index is -0.711. The maximum atomic E-state index is 13.5. The Morgan fingerprint density at radius 3 is 2.72 bits per heavy atom. The second-order valence-electron chi connectivity index (χ2n) is 7.14. The van der Waals surface area contributed by atoms with Crippen LogP contribution in [0.2, 0.25) is 5.02 Å². The van der Waals surface area contributed by atoms with Crippen molar-refractivity contribution in [2.45, 2.75) is 32.0 Å². The minimum Gasteiger partial charge on any atom is -0.458 e. The predicted octanol–water partition coefficient (Wildman–Crippen LogP) is 5.08. The number of aromatic nitrogens is 1. The van der Waals surface area contributed by atoms with Gasteiger partial charge in [-0.25, -0.2) is 4.39 Å². The fourth-order valence-corrected chi connectivity index (χ4v) is 3.81. The standard InChI is InChI=1S/C23H19ClFNO3/c1-13-19(8-7-18-11-17(27)12-22(28)29-18)23(14-2-5-16(25)6-3-14)20-10-15(24)4-9-21(20)26-13/h2-10,17-18,27H,11-12H2,1H3/b8-7+. The molecular formula is C23H19ClFNO3. The highest BCUT2D eigenvalue weighted by Gasteiger charge is 2.25. The Bertz CT molecular complexity index is 1110. The van der Waals surface area contributed by atoms with Crippen molar-refractivity contribution in [1.82, 2.24) is 4.98 Å². The van der Waals surface area contributed by atoms with E-state index in [1.54, 1.807) is 24.3 Å². The first-order valence-electron chi connectivity index (χ1n) is 9.32. The molecule has 3 aromatic rings. The molecule has 6 heteroatoms. The molecule has 1 aliphatic rings. The monoisotopic (exact) mass is 411 g/mol. The topological polar surface area (TPSA) is 59.4 Å². The molecule has 2 heterocycles. The quantitative estimate of drug-likeness (QED) is 0.610. The molecule has 1 aromatic heterocycles. The Balaban J connectivity index is 1.87. The summed E-state index contributed by atoms with van der Waals surface area (Å²) < 4.78 is 18.8. The second-order valence-corrected chi connectivity index (χ2v) is 7.57. The third-order valence-electron chi connectivity index (χ3n) is 4.98. The van der Waals surface area contributed by atoms with Crippen molar-refractivity contribution in [3.63, 3.8) is 0 Å². The van der Waals surface area contributed by atoms with E-state index in [2.05, 4.69) is 4.98 Å². The number of aliphatic hydroxyl groups is 1. The molecule has 1 saturated heterocycles. The molecule has 0 saturated carbocycles. The Morgan fingerprint density at radius 1 is 1.24 bits per heavy atom. The van der Waals surface area contributed by atoms with Crippen molar-refractivity contribution in [3.8, 4) is 11.1 Å². The second kappa shape index (κ2) is 7.93. The van der Waals surface area contributed by atoms with Gasteiger partial charge in [0.15, 0.2) is 0 Å². The van der Waals surface area contributed by atoms with Crippen molar-refractivity contribution in [2.75, 3.05) is 0 Å². The Hall–Kier alpha value is -2.76. The van der Waals surface area contributed by atoms with Crippen LogP contribution in [-0.4, -0.2) is 28.3 Å². The molecule has 4 rings (SSSR count). The first kappa shape index (κ1) is 19.6. The smallest absolute Gasteiger partial charge is 0.309 e. The average Bonchev–Trinajstić information content (AvgIpc) is 2.66. The number of fused-ring (bicyclic) bond motifs is 1. The zero-order valence-electron chi connectivity index (χ0n) is 15.7. The number of nitrogens with zero attached hydrogens (tertiary/aromatic N) is 1. The zero-order chi connectivity index (χ0) is 20.5. The van der Waals surface area contributed by atoms with E-state index >= 15 is 0 Å². The summed E-state index contributed by atoms with van der Waals surface area (Å²) in [5, 5.41) is 11.3. The molecule has 0 aliphatic carbocycles. The number of aryl methyl sites for hydroxylation is 1. The lowest BCUT2D eigenvalue weighted by Gasteiger charge is -2.23. The third kappa shape index (κ3) is 4.16. The molecule has 0 radical (unpaired) electrons. The highest BCUT2D eigenvalue weighted by atomic mass is 35.5. The van der Waals surface area contributed by atoms with Gasteiger partial charge in [-0.05, 0) is 48.9 Å². The summed E-state index contributed by atoms with van der Waals surface area (Å²) in [6, 6.07) is 11.7. The predicted molar refractivity (Wildman–Crippen MR) is 111 cm³/mol. The Kier molecular flexibility index (Phi) is 5.35. The number of cyclic esters (lactones) is 1. The van der Waals surface area contributed by atoms with Crippen LogP contribution in [0.4, 0.5) is 4.39 Å². The SMILES string of the molecule is Cc1nc2ccc(Cl)cc2c(-c2ccc(F)cc2)c1/C=C/C1CC(O)CC(=O)O1. The van der Waals surface area contributed by atoms with Crippen LogP contribution < -0.4 is 0 Å². The number of pyridine rings is 1. The van der Waals surface area contributed by atoms with Crippen LogP contribution in [0.3, 0.4) is 0 Å². The first-order valence-corrected chi connectivity index (χ1v) is 9.70. The highest BCUT2D eigenvalue weighted by Crippen LogP contribution is 2.35. The molecule has 0 amide bonds. The van der Waals surface area contributed by atoms with Crippen LogP contribution in [0.5, 0.6) is 0 Å². The first-order chi connectivity index (χ1) is 13.9. The summed E-state index contributed by atoms with van der Waals surface area (Å²) in [5.41, 5.74) is 4.07. The van der Waals surface area contributed by atoms with E-state index in [4.69, 9.17) is 16.3 Å². The van der Waals surface area contributed by atoms with Gasteiger partial charge in [-0.3, -0.25) is 9.78 Å². The van der Waals surface area contributed by atoms with E-state index in [9.17, 15) is 14.3 Å². The molecule has 1 aliphatic heterocycles. The Morgan fingerprint density at radius 2 is 2.00 bits per heavy atom. The molecular weight excluding hydrogens is 393 g/mol. The van der Waals surface area contributed by atoms with Gasteiger partial charge in [0.25, 0.3) is 0 Å². The van der Waals surface area contributed by atoms with E-state index in [0.717, 1.165) is 33.3 Å². The number of benzene rings is 2.